The lowest BCUT2D eigenvalue weighted by atomic mass is 9.92. The molecular formula is C16H28N2. The molecule has 0 saturated carbocycles. The number of nitrogens with zero attached hydrogens (tertiary/aromatic N) is 2. The molecule has 2 heteroatoms. The molecule has 0 spiro atoms. The van der Waals surface area contributed by atoms with Crippen LogP contribution in [-0.4, -0.2) is 9.97 Å². The molecule has 2 nitrogen and oxygen atoms in total. The third-order valence-electron chi connectivity index (χ3n) is 3.59. The lowest BCUT2D eigenvalue weighted by molar-refractivity contribution is 0.496. The SMILES string of the molecule is CCCCCCCC(CCCC)c1ccncn1. The molecule has 0 aliphatic rings. The van der Waals surface area contributed by atoms with E-state index < -0.39 is 0 Å². The van der Waals surface area contributed by atoms with Crippen LogP contribution in [0.15, 0.2) is 18.6 Å². The summed E-state index contributed by atoms with van der Waals surface area (Å²) in [5, 5.41) is 0. The zero-order valence-corrected chi connectivity index (χ0v) is 12.1. The van der Waals surface area contributed by atoms with Crippen molar-refractivity contribution < 1.29 is 0 Å². The van der Waals surface area contributed by atoms with Crippen LogP contribution in [0.2, 0.25) is 0 Å². The molecule has 0 bridgehead atoms. The van der Waals surface area contributed by atoms with Gasteiger partial charge in [0.25, 0.3) is 0 Å². The van der Waals surface area contributed by atoms with Gasteiger partial charge >= 0.3 is 0 Å². The minimum Gasteiger partial charge on any atom is -0.245 e. The molecule has 0 radical (unpaired) electrons. The van der Waals surface area contributed by atoms with Crippen molar-refractivity contribution in [1.82, 2.24) is 9.97 Å². The van der Waals surface area contributed by atoms with Crippen molar-refractivity contribution >= 4 is 0 Å². The lowest BCUT2D eigenvalue weighted by Gasteiger charge is -2.15. The van der Waals surface area contributed by atoms with Crippen LogP contribution in [0.5, 0.6) is 0 Å². The lowest BCUT2D eigenvalue weighted by Crippen LogP contribution is -2.02. The molecule has 1 atom stereocenters. The Morgan fingerprint density at radius 2 is 1.67 bits per heavy atom. The van der Waals surface area contributed by atoms with Crippen LogP contribution in [0.3, 0.4) is 0 Å². The number of hydrogen-bond acceptors (Lipinski definition) is 2. The van der Waals surface area contributed by atoms with E-state index in [1.807, 2.05) is 6.20 Å². The summed E-state index contributed by atoms with van der Waals surface area (Å²) in [6, 6.07) is 2.09. The van der Waals surface area contributed by atoms with Gasteiger partial charge in [-0.15, -0.1) is 0 Å². The van der Waals surface area contributed by atoms with Gasteiger partial charge in [-0.1, -0.05) is 58.8 Å². The van der Waals surface area contributed by atoms with Crippen molar-refractivity contribution in [1.29, 1.82) is 0 Å². The Kier molecular flexibility index (Phi) is 8.45. The predicted molar refractivity (Wildman–Crippen MR) is 77.7 cm³/mol. The second kappa shape index (κ2) is 10.0. The highest BCUT2D eigenvalue weighted by molar-refractivity contribution is 5.05. The minimum atomic E-state index is 0.648. The van der Waals surface area contributed by atoms with E-state index in [2.05, 4.69) is 29.9 Å². The zero-order chi connectivity index (χ0) is 13.1. The Morgan fingerprint density at radius 1 is 0.944 bits per heavy atom. The Labute approximate surface area is 112 Å². The van der Waals surface area contributed by atoms with E-state index in [-0.39, 0.29) is 0 Å². The van der Waals surface area contributed by atoms with Crippen LogP contribution in [0.4, 0.5) is 0 Å². The number of rotatable bonds is 10. The number of aromatic nitrogens is 2. The maximum Gasteiger partial charge on any atom is 0.115 e. The highest BCUT2D eigenvalue weighted by atomic mass is 14.8. The fourth-order valence-electron chi connectivity index (χ4n) is 2.43. The molecule has 0 fully saturated rings. The summed E-state index contributed by atoms with van der Waals surface area (Å²) in [5.41, 5.74) is 1.24. The first kappa shape index (κ1) is 15.1. The average Bonchev–Trinajstić information content (AvgIpc) is 2.43. The summed E-state index contributed by atoms with van der Waals surface area (Å²) < 4.78 is 0. The average molecular weight is 248 g/mol. The molecule has 102 valence electrons. The van der Waals surface area contributed by atoms with E-state index in [4.69, 9.17) is 0 Å². The summed E-state index contributed by atoms with van der Waals surface area (Å²) in [5.74, 6) is 0.648. The van der Waals surface area contributed by atoms with Crippen molar-refractivity contribution in [3.8, 4) is 0 Å². The standard InChI is InChI=1S/C16H28N2/c1-3-5-7-8-9-11-15(10-6-4-2)16-12-13-17-14-18-16/h12-15H,3-11H2,1-2H3. The van der Waals surface area contributed by atoms with E-state index in [1.54, 1.807) is 6.33 Å². The van der Waals surface area contributed by atoms with Gasteiger partial charge in [0.1, 0.15) is 6.33 Å². The third kappa shape index (κ3) is 6.13. The largest absolute Gasteiger partial charge is 0.245 e. The molecule has 0 N–H and O–H groups in total. The molecule has 1 rings (SSSR count). The maximum atomic E-state index is 4.44. The third-order valence-corrected chi connectivity index (χ3v) is 3.59. The molecule has 1 aromatic rings. The molecule has 1 unspecified atom stereocenters. The molecule has 0 saturated heterocycles. The summed E-state index contributed by atoms with van der Waals surface area (Å²) in [4.78, 5) is 8.45. The fourth-order valence-corrected chi connectivity index (χ4v) is 2.43. The quantitative estimate of drug-likeness (QED) is 0.538. The van der Waals surface area contributed by atoms with Crippen molar-refractivity contribution in [3.63, 3.8) is 0 Å². The van der Waals surface area contributed by atoms with Gasteiger partial charge in [-0.25, -0.2) is 9.97 Å². The van der Waals surface area contributed by atoms with E-state index in [0.29, 0.717) is 5.92 Å². The fraction of sp³-hybridized carbons (Fsp3) is 0.750. The minimum absolute atomic E-state index is 0.648. The monoisotopic (exact) mass is 248 g/mol. The number of hydrogen-bond donors (Lipinski definition) is 0. The highest BCUT2D eigenvalue weighted by Gasteiger charge is 2.11. The van der Waals surface area contributed by atoms with Crippen molar-refractivity contribution in [2.45, 2.75) is 77.6 Å². The van der Waals surface area contributed by atoms with Gasteiger partial charge in [0.2, 0.25) is 0 Å². The van der Waals surface area contributed by atoms with Crippen LogP contribution < -0.4 is 0 Å². The summed E-state index contributed by atoms with van der Waals surface area (Å²) in [6.45, 7) is 4.53. The highest BCUT2D eigenvalue weighted by Crippen LogP contribution is 2.26. The topological polar surface area (TPSA) is 25.8 Å². The second-order valence-corrected chi connectivity index (χ2v) is 5.18. The molecule has 1 heterocycles. The first-order chi connectivity index (χ1) is 8.88. The molecule has 1 aromatic heterocycles. The van der Waals surface area contributed by atoms with Gasteiger partial charge < -0.3 is 0 Å². The predicted octanol–water partition coefficient (Wildman–Crippen LogP) is 5.11. The Morgan fingerprint density at radius 3 is 2.33 bits per heavy atom. The van der Waals surface area contributed by atoms with Crippen LogP contribution >= 0.6 is 0 Å². The Hall–Kier alpha value is -0.920. The van der Waals surface area contributed by atoms with E-state index in [1.165, 1.54) is 63.5 Å². The Bertz CT molecular complexity index is 284. The van der Waals surface area contributed by atoms with Crippen LogP contribution in [-0.2, 0) is 0 Å². The smallest absolute Gasteiger partial charge is 0.115 e. The molecule has 0 aliphatic carbocycles. The molecule has 0 aromatic carbocycles. The summed E-state index contributed by atoms with van der Waals surface area (Å²) in [6.07, 6.45) is 15.5. The van der Waals surface area contributed by atoms with Gasteiger partial charge in [0, 0.05) is 17.8 Å². The van der Waals surface area contributed by atoms with Gasteiger partial charge in [-0.3, -0.25) is 0 Å². The van der Waals surface area contributed by atoms with Gasteiger partial charge in [0.15, 0.2) is 0 Å². The molecule has 0 aliphatic heterocycles. The van der Waals surface area contributed by atoms with Crippen molar-refractivity contribution in [3.05, 3.63) is 24.3 Å². The van der Waals surface area contributed by atoms with Gasteiger partial charge in [-0.05, 0) is 18.9 Å². The van der Waals surface area contributed by atoms with Crippen LogP contribution in [0.25, 0.3) is 0 Å². The summed E-state index contributed by atoms with van der Waals surface area (Å²) in [7, 11) is 0. The van der Waals surface area contributed by atoms with Crippen LogP contribution in [0.1, 0.15) is 83.2 Å². The molecule has 18 heavy (non-hydrogen) atoms. The number of unbranched alkanes of at least 4 members (excludes halogenated alkanes) is 5. The van der Waals surface area contributed by atoms with E-state index in [9.17, 15) is 0 Å². The first-order valence-electron chi connectivity index (χ1n) is 7.64. The Balaban J connectivity index is 2.36. The maximum absolute atomic E-state index is 4.44. The zero-order valence-electron chi connectivity index (χ0n) is 12.1. The van der Waals surface area contributed by atoms with E-state index in [0.717, 1.165) is 0 Å². The van der Waals surface area contributed by atoms with E-state index >= 15 is 0 Å². The van der Waals surface area contributed by atoms with Crippen LogP contribution in [0, 0.1) is 0 Å². The summed E-state index contributed by atoms with van der Waals surface area (Å²) >= 11 is 0. The van der Waals surface area contributed by atoms with Crippen molar-refractivity contribution in [2.24, 2.45) is 0 Å². The normalized spacial score (nSPS) is 12.6. The second-order valence-electron chi connectivity index (χ2n) is 5.18. The molecule has 0 amide bonds. The van der Waals surface area contributed by atoms with Gasteiger partial charge in [0.05, 0.1) is 0 Å². The van der Waals surface area contributed by atoms with Crippen molar-refractivity contribution in [2.75, 3.05) is 0 Å². The molecular weight excluding hydrogens is 220 g/mol. The first-order valence-corrected chi connectivity index (χ1v) is 7.64. The van der Waals surface area contributed by atoms with Gasteiger partial charge in [-0.2, -0.15) is 0 Å².